The summed E-state index contributed by atoms with van der Waals surface area (Å²) in [6.45, 7) is 4.30. The molecule has 2 saturated heterocycles. The van der Waals surface area contributed by atoms with Crippen molar-refractivity contribution < 1.29 is 14.6 Å². The summed E-state index contributed by atoms with van der Waals surface area (Å²) in [6, 6.07) is 6.85. The molecule has 3 rings (SSSR count). The zero-order valence-corrected chi connectivity index (χ0v) is 10.9. The minimum absolute atomic E-state index is 0.105. The molecule has 2 fully saturated rings. The van der Waals surface area contributed by atoms with E-state index in [4.69, 9.17) is 4.74 Å². The highest BCUT2D eigenvalue weighted by atomic mass is 16.6. The lowest BCUT2D eigenvalue weighted by Gasteiger charge is -2.28. The highest BCUT2D eigenvalue weighted by molar-refractivity contribution is 5.92. The van der Waals surface area contributed by atoms with Gasteiger partial charge in [-0.2, -0.15) is 0 Å². The van der Waals surface area contributed by atoms with Crippen LogP contribution in [0.25, 0.3) is 0 Å². The SMILES string of the molecule is CC1(C2CCNC2)CN(c2ccccc2O)C(=O)O1. The number of hydrogen-bond donors (Lipinski definition) is 2. The van der Waals surface area contributed by atoms with Gasteiger partial charge >= 0.3 is 6.09 Å². The van der Waals surface area contributed by atoms with Gasteiger partial charge in [-0.25, -0.2) is 4.79 Å². The van der Waals surface area contributed by atoms with Crippen molar-refractivity contribution in [2.24, 2.45) is 5.92 Å². The van der Waals surface area contributed by atoms with Crippen LogP contribution in [0.5, 0.6) is 5.75 Å². The van der Waals surface area contributed by atoms with E-state index < -0.39 is 5.60 Å². The molecular formula is C14H18N2O3. The molecule has 2 heterocycles. The van der Waals surface area contributed by atoms with Crippen LogP contribution in [0, 0.1) is 5.92 Å². The second kappa shape index (κ2) is 4.42. The van der Waals surface area contributed by atoms with Crippen LogP contribution in [0.15, 0.2) is 24.3 Å². The molecule has 0 spiro atoms. The van der Waals surface area contributed by atoms with Crippen molar-refractivity contribution in [2.75, 3.05) is 24.5 Å². The van der Waals surface area contributed by atoms with Crippen molar-refractivity contribution in [1.82, 2.24) is 5.32 Å². The molecule has 19 heavy (non-hydrogen) atoms. The van der Waals surface area contributed by atoms with Gasteiger partial charge in [-0.15, -0.1) is 0 Å². The fraction of sp³-hybridized carbons (Fsp3) is 0.500. The van der Waals surface area contributed by atoms with E-state index in [0.717, 1.165) is 19.5 Å². The molecule has 0 radical (unpaired) electrons. The number of cyclic esters (lactones) is 1. The molecule has 0 saturated carbocycles. The second-order valence-corrected chi connectivity index (χ2v) is 5.45. The zero-order chi connectivity index (χ0) is 13.5. The second-order valence-electron chi connectivity index (χ2n) is 5.45. The van der Waals surface area contributed by atoms with Crippen LogP contribution in [-0.2, 0) is 4.74 Å². The lowest BCUT2D eigenvalue weighted by atomic mass is 9.88. The number of amides is 1. The first kappa shape index (κ1) is 12.3. The smallest absolute Gasteiger partial charge is 0.415 e. The Bertz CT molecular complexity index is 499. The third kappa shape index (κ3) is 2.04. The normalized spacial score (nSPS) is 30.7. The Morgan fingerprint density at radius 2 is 2.26 bits per heavy atom. The number of para-hydroxylation sites is 2. The predicted octanol–water partition coefficient (Wildman–Crippen LogP) is 1.72. The number of carbonyl (C=O) groups excluding carboxylic acids is 1. The Labute approximate surface area is 112 Å². The van der Waals surface area contributed by atoms with E-state index in [0.29, 0.717) is 18.2 Å². The van der Waals surface area contributed by atoms with E-state index in [1.165, 1.54) is 4.90 Å². The minimum Gasteiger partial charge on any atom is -0.506 e. The van der Waals surface area contributed by atoms with Crippen LogP contribution in [-0.4, -0.2) is 36.4 Å². The zero-order valence-electron chi connectivity index (χ0n) is 10.9. The number of rotatable bonds is 2. The summed E-state index contributed by atoms with van der Waals surface area (Å²) in [5.74, 6) is 0.431. The molecule has 1 aromatic carbocycles. The predicted molar refractivity (Wildman–Crippen MR) is 71.3 cm³/mol. The number of phenols is 1. The number of aromatic hydroxyl groups is 1. The first-order valence-electron chi connectivity index (χ1n) is 6.59. The van der Waals surface area contributed by atoms with Gasteiger partial charge in [-0.05, 0) is 32.0 Å². The van der Waals surface area contributed by atoms with Gasteiger partial charge in [0.15, 0.2) is 0 Å². The van der Waals surface area contributed by atoms with Crippen LogP contribution < -0.4 is 10.2 Å². The number of ether oxygens (including phenoxy) is 1. The standard InChI is InChI=1S/C14H18N2O3/c1-14(10-6-7-15-8-10)9-16(13(18)19-14)11-4-2-3-5-12(11)17/h2-5,10,15,17H,6-9H2,1H3. The van der Waals surface area contributed by atoms with E-state index in [-0.39, 0.29) is 11.8 Å². The van der Waals surface area contributed by atoms with Crippen molar-refractivity contribution in [2.45, 2.75) is 18.9 Å². The highest BCUT2D eigenvalue weighted by Crippen LogP contribution is 2.38. The summed E-state index contributed by atoms with van der Waals surface area (Å²) in [4.78, 5) is 13.6. The average molecular weight is 262 g/mol. The molecule has 0 aliphatic carbocycles. The van der Waals surface area contributed by atoms with Gasteiger partial charge in [-0.3, -0.25) is 4.90 Å². The molecule has 2 aliphatic rings. The average Bonchev–Trinajstić information content (AvgIpc) is 2.99. The topological polar surface area (TPSA) is 61.8 Å². The fourth-order valence-corrected chi connectivity index (χ4v) is 2.93. The van der Waals surface area contributed by atoms with Gasteiger partial charge in [0.25, 0.3) is 0 Å². The largest absolute Gasteiger partial charge is 0.506 e. The Hall–Kier alpha value is -1.75. The Kier molecular flexibility index (Phi) is 2.86. The van der Waals surface area contributed by atoms with Gasteiger partial charge in [0.1, 0.15) is 11.4 Å². The molecule has 2 aliphatic heterocycles. The first-order chi connectivity index (χ1) is 9.10. The van der Waals surface area contributed by atoms with E-state index in [9.17, 15) is 9.90 Å². The van der Waals surface area contributed by atoms with E-state index in [1.54, 1.807) is 24.3 Å². The van der Waals surface area contributed by atoms with Crippen LogP contribution in [0.3, 0.4) is 0 Å². The third-order valence-electron chi connectivity index (χ3n) is 4.11. The van der Waals surface area contributed by atoms with Crippen molar-refractivity contribution in [3.05, 3.63) is 24.3 Å². The summed E-state index contributed by atoms with van der Waals surface area (Å²) < 4.78 is 5.59. The summed E-state index contributed by atoms with van der Waals surface area (Å²) in [6.07, 6.45) is 0.633. The number of hydrogen-bond acceptors (Lipinski definition) is 4. The lowest BCUT2D eigenvalue weighted by molar-refractivity contribution is 0.0287. The van der Waals surface area contributed by atoms with Crippen molar-refractivity contribution in [3.63, 3.8) is 0 Å². The maximum atomic E-state index is 12.1. The van der Waals surface area contributed by atoms with Gasteiger partial charge in [0, 0.05) is 12.5 Å². The number of nitrogens with zero attached hydrogens (tertiary/aromatic N) is 1. The Morgan fingerprint density at radius 1 is 1.47 bits per heavy atom. The maximum absolute atomic E-state index is 12.1. The monoisotopic (exact) mass is 262 g/mol. The number of carbonyl (C=O) groups is 1. The molecule has 0 bridgehead atoms. The van der Waals surface area contributed by atoms with Gasteiger partial charge in [-0.1, -0.05) is 12.1 Å². The van der Waals surface area contributed by atoms with Crippen LogP contribution in [0.4, 0.5) is 10.5 Å². The molecule has 5 nitrogen and oxygen atoms in total. The number of phenolic OH excluding ortho intramolecular Hbond substituents is 1. The third-order valence-corrected chi connectivity index (χ3v) is 4.11. The summed E-state index contributed by atoms with van der Waals surface area (Å²) in [7, 11) is 0. The summed E-state index contributed by atoms with van der Waals surface area (Å²) in [5.41, 5.74) is 0.0326. The minimum atomic E-state index is -0.483. The molecule has 5 heteroatoms. The Morgan fingerprint density at radius 3 is 2.95 bits per heavy atom. The van der Waals surface area contributed by atoms with Gasteiger partial charge in [0.05, 0.1) is 12.2 Å². The van der Waals surface area contributed by atoms with E-state index >= 15 is 0 Å². The maximum Gasteiger partial charge on any atom is 0.415 e. The molecule has 1 aromatic rings. The quantitative estimate of drug-likeness (QED) is 0.852. The molecule has 2 N–H and O–H groups in total. The molecule has 0 aromatic heterocycles. The lowest BCUT2D eigenvalue weighted by Crippen LogP contribution is -2.40. The van der Waals surface area contributed by atoms with Crippen molar-refractivity contribution in [3.8, 4) is 5.75 Å². The highest BCUT2D eigenvalue weighted by Gasteiger charge is 2.48. The summed E-state index contributed by atoms with van der Waals surface area (Å²) >= 11 is 0. The van der Waals surface area contributed by atoms with Crippen LogP contribution in [0.1, 0.15) is 13.3 Å². The number of benzene rings is 1. The number of anilines is 1. The molecule has 2 unspecified atom stereocenters. The molecular weight excluding hydrogens is 244 g/mol. The van der Waals surface area contributed by atoms with E-state index in [1.807, 2.05) is 6.92 Å². The van der Waals surface area contributed by atoms with Crippen molar-refractivity contribution >= 4 is 11.8 Å². The molecule has 2 atom stereocenters. The van der Waals surface area contributed by atoms with Crippen LogP contribution in [0.2, 0.25) is 0 Å². The molecule has 1 amide bonds. The fourth-order valence-electron chi connectivity index (χ4n) is 2.93. The Balaban J connectivity index is 1.86. The van der Waals surface area contributed by atoms with Crippen molar-refractivity contribution in [1.29, 1.82) is 0 Å². The van der Waals surface area contributed by atoms with Gasteiger partial charge < -0.3 is 15.2 Å². The van der Waals surface area contributed by atoms with Crippen LogP contribution >= 0.6 is 0 Å². The van der Waals surface area contributed by atoms with E-state index in [2.05, 4.69) is 5.32 Å². The summed E-state index contributed by atoms with van der Waals surface area (Å²) in [5, 5.41) is 13.2. The van der Waals surface area contributed by atoms with Gasteiger partial charge in [0.2, 0.25) is 0 Å². The first-order valence-corrected chi connectivity index (χ1v) is 6.59. The number of nitrogens with one attached hydrogen (secondary N) is 1. The molecule has 102 valence electrons.